The second-order valence-electron chi connectivity index (χ2n) is 13.5. The first-order valence-corrected chi connectivity index (χ1v) is 17.6. The van der Waals surface area contributed by atoms with Gasteiger partial charge < -0.3 is 23.9 Å². The number of nitrogens with one attached hydrogen (secondary N) is 1. The number of carbonyl (C=O) groups is 1. The summed E-state index contributed by atoms with van der Waals surface area (Å²) in [6.45, 7) is 22.0. The van der Waals surface area contributed by atoms with Crippen LogP contribution in [0.1, 0.15) is 35.9 Å². The molecule has 6 rings (SSSR count). The summed E-state index contributed by atoms with van der Waals surface area (Å²) >= 11 is 0. The maximum Gasteiger partial charge on any atom is 0.216 e. The highest BCUT2D eigenvalue weighted by atomic mass is 16.5. The van der Waals surface area contributed by atoms with Gasteiger partial charge in [0.15, 0.2) is 0 Å². The van der Waals surface area contributed by atoms with Crippen LogP contribution in [0.15, 0.2) is 48.5 Å². The molecular formula is C39H54N6O3. The minimum absolute atomic E-state index is 0.0391. The van der Waals surface area contributed by atoms with E-state index in [1.165, 1.54) is 44.3 Å². The fraction of sp³-hybridized carbons (Fsp3) is 0.538. The Morgan fingerprint density at radius 1 is 0.729 bits per heavy atom. The van der Waals surface area contributed by atoms with E-state index in [2.05, 4.69) is 107 Å². The van der Waals surface area contributed by atoms with Crippen LogP contribution in [-0.2, 0) is 27.4 Å². The Morgan fingerprint density at radius 3 is 1.62 bits per heavy atom. The number of aromatic nitrogens is 2. The first-order valence-electron chi connectivity index (χ1n) is 17.6. The van der Waals surface area contributed by atoms with Crippen molar-refractivity contribution in [1.29, 1.82) is 5.26 Å². The first kappa shape index (κ1) is 35.6. The molecule has 2 aliphatic heterocycles. The monoisotopic (exact) mass is 654 g/mol. The number of hydrogen-bond donors (Lipinski definition) is 1. The van der Waals surface area contributed by atoms with Gasteiger partial charge in [0.05, 0.1) is 32.5 Å². The molecule has 2 aliphatic rings. The second kappa shape index (κ2) is 17.1. The number of rotatable bonds is 11. The predicted molar refractivity (Wildman–Crippen MR) is 193 cm³/mol. The Hall–Kier alpha value is -3.68. The molecular weight excluding hydrogens is 600 g/mol. The van der Waals surface area contributed by atoms with Gasteiger partial charge in [-0.15, -0.1) is 0 Å². The van der Waals surface area contributed by atoms with Crippen LogP contribution in [0.2, 0.25) is 0 Å². The van der Waals surface area contributed by atoms with Crippen molar-refractivity contribution in [2.24, 2.45) is 11.8 Å². The quantitative estimate of drug-likeness (QED) is 0.231. The van der Waals surface area contributed by atoms with Crippen LogP contribution < -0.4 is 5.32 Å². The molecule has 0 aliphatic carbocycles. The molecule has 1 N–H and O–H groups in total. The number of nitriles is 1. The van der Waals surface area contributed by atoms with Crippen LogP contribution in [0.4, 0.5) is 0 Å². The Bertz CT molecular complexity index is 1690. The zero-order chi connectivity index (χ0) is 34.0. The largest absolute Gasteiger partial charge is 0.379 e. The molecule has 2 aromatic heterocycles. The summed E-state index contributed by atoms with van der Waals surface area (Å²) in [5.41, 5.74) is 7.90. The zero-order valence-electron chi connectivity index (χ0n) is 29.6. The fourth-order valence-corrected chi connectivity index (χ4v) is 7.28. The van der Waals surface area contributed by atoms with Crippen molar-refractivity contribution in [2.75, 3.05) is 72.2 Å². The van der Waals surface area contributed by atoms with Crippen LogP contribution in [0.3, 0.4) is 0 Å². The lowest BCUT2D eigenvalue weighted by Gasteiger charge is -2.31. The summed E-state index contributed by atoms with van der Waals surface area (Å²) in [5.74, 6) is 0.764. The van der Waals surface area contributed by atoms with E-state index in [0.29, 0.717) is 24.8 Å². The summed E-state index contributed by atoms with van der Waals surface area (Å²) < 4.78 is 15.7. The second-order valence-corrected chi connectivity index (χ2v) is 13.5. The Labute approximate surface area is 286 Å². The molecule has 4 aromatic rings. The van der Waals surface area contributed by atoms with Crippen molar-refractivity contribution >= 4 is 27.7 Å². The lowest BCUT2D eigenvalue weighted by atomic mass is 10.0. The molecule has 0 bridgehead atoms. The normalized spacial score (nSPS) is 17.1. The summed E-state index contributed by atoms with van der Waals surface area (Å²) in [5, 5.41) is 14.9. The highest BCUT2D eigenvalue weighted by molar-refractivity contribution is 5.86. The Kier molecular flexibility index (Phi) is 12.7. The number of morpholine rings is 2. The van der Waals surface area contributed by atoms with Crippen LogP contribution >= 0.6 is 0 Å². The number of amides is 1. The van der Waals surface area contributed by atoms with Crippen LogP contribution in [-0.4, -0.2) is 97.1 Å². The maximum absolute atomic E-state index is 11.4. The average Bonchev–Trinajstić information content (AvgIpc) is 3.49. The molecule has 0 spiro atoms. The number of carbonyl (C=O) groups excluding carboxylic acids is 1. The number of para-hydroxylation sites is 2. The SMILES string of the molecule is CC(=O)NCC(CN1CCOCC1)Cn1c(C)c(C)c2ccccc21.Cc1c(C)n(CC(CC#N)CN2CCOCC2)c2ccccc12. The Balaban J connectivity index is 0.000000188. The topological polar surface area (TPSA) is 87.7 Å². The molecule has 0 radical (unpaired) electrons. The van der Waals surface area contributed by atoms with E-state index in [1.807, 2.05) is 0 Å². The summed E-state index contributed by atoms with van der Waals surface area (Å²) in [7, 11) is 0. The number of ether oxygens (including phenoxy) is 2. The van der Waals surface area contributed by atoms with Crippen molar-refractivity contribution in [3.05, 3.63) is 71.0 Å². The number of fused-ring (bicyclic) bond motifs is 2. The van der Waals surface area contributed by atoms with Crippen molar-refractivity contribution in [1.82, 2.24) is 24.3 Å². The van der Waals surface area contributed by atoms with Gasteiger partial charge in [0.2, 0.25) is 5.91 Å². The van der Waals surface area contributed by atoms with E-state index in [0.717, 1.165) is 78.8 Å². The standard InChI is InChI=1S/C20H29N3O2.C19H25N3O/c1-15-16(2)23(20-7-5-4-6-19(15)20)14-18(12-21-17(3)24)13-22-8-10-25-11-9-22;1-15-16(2)22(19-6-4-3-5-18(15)19)14-17(7-8-20)13-21-9-11-23-12-10-21/h4-7,18H,8-14H2,1-3H3,(H,21,24);3-6,17H,7,9-14H2,1-2H3. The van der Waals surface area contributed by atoms with Gasteiger partial charge in [0.1, 0.15) is 0 Å². The molecule has 2 saturated heterocycles. The number of hydrogen-bond acceptors (Lipinski definition) is 6. The molecule has 258 valence electrons. The van der Waals surface area contributed by atoms with Gasteiger partial charge >= 0.3 is 0 Å². The fourth-order valence-electron chi connectivity index (χ4n) is 7.28. The van der Waals surface area contributed by atoms with Gasteiger partial charge in [-0.2, -0.15) is 5.26 Å². The van der Waals surface area contributed by atoms with E-state index < -0.39 is 0 Å². The molecule has 2 unspecified atom stereocenters. The predicted octanol–water partition coefficient (Wildman–Crippen LogP) is 5.46. The third kappa shape index (κ3) is 8.86. The smallest absolute Gasteiger partial charge is 0.216 e. The zero-order valence-corrected chi connectivity index (χ0v) is 29.6. The van der Waals surface area contributed by atoms with E-state index in [1.54, 1.807) is 6.92 Å². The van der Waals surface area contributed by atoms with Gasteiger partial charge in [0.25, 0.3) is 0 Å². The van der Waals surface area contributed by atoms with Gasteiger partial charge in [-0.25, -0.2) is 0 Å². The molecule has 4 heterocycles. The first-order chi connectivity index (χ1) is 23.3. The third-order valence-electron chi connectivity index (χ3n) is 10.2. The van der Waals surface area contributed by atoms with Crippen molar-refractivity contribution in [3.8, 4) is 6.07 Å². The molecule has 9 nitrogen and oxygen atoms in total. The van der Waals surface area contributed by atoms with E-state index >= 15 is 0 Å². The number of aryl methyl sites for hydroxylation is 2. The molecule has 9 heteroatoms. The van der Waals surface area contributed by atoms with Crippen LogP contribution in [0.25, 0.3) is 21.8 Å². The number of nitrogens with zero attached hydrogens (tertiary/aromatic N) is 5. The molecule has 48 heavy (non-hydrogen) atoms. The van der Waals surface area contributed by atoms with E-state index in [9.17, 15) is 10.1 Å². The van der Waals surface area contributed by atoms with Crippen LogP contribution in [0, 0.1) is 50.9 Å². The lowest BCUT2D eigenvalue weighted by Crippen LogP contribution is -2.43. The lowest BCUT2D eigenvalue weighted by molar-refractivity contribution is -0.119. The third-order valence-corrected chi connectivity index (χ3v) is 10.2. The summed E-state index contributed by atoms with van der Waals surface area (Å²) in [6.07, 6.45) is 0.600. The molecule has 2 fully saturated rings. The van der Waals surface area contributed by atoms with Gasteiger partial charge in [-0.1, -0.05) is 36.4 Å². The van der Waals surface area contributed by atoms with Crippen LogP contribution in [0.5, 0.6) is 0 Å². The number of benzene rings is 2. The highest BCUT2D eigenvalue weighted by Crippen LogP contribution is 2.28. The minimum atomic E-state index is 0.0391. The van der Waals surface area contributed by atoms with E-state index in [-0.39, 0.29) is 5.91 Å². The molecule has 1 amide bonds. The minimum Gasteiger partial charge on any atom is -0.379 e. The summed E-state index contributed by atoms with van der Waals surface area (Å²) in [6, 6.07) is 19.5. The van der Waals surface area contributed by atoms with E-state index in [4.69, 9.17) is 9.47 Å². The van der Waals surface area contributed by atoms with Gasteiger partial charge in [-0.05, 0) is 51.0 Å². The van der Waals surface area contributed by atoms with Crippen molar-refractivity contribution in [3.63, 3.8) is 0 Å². The molecule has 0 saturated carbocycles. The summed E-state index contributed by atoms with van der Waals surface area (Å²) in [4.78, 5) is 16.3. The molecule has 2 aromatic carbocycles. The Morgan fingerprint density at radius 2 is 1.17 bits per heavy atom. The molecule has 2 atom stereocenters. The maximum atomic E-state index is 11.4. The van der Waals surface area contributed by atoms with Gasteiger partial charge in [-0.3, -0.25) is 14.6 Å². The van der Waals surface area contributed by atoms with Crippen molar-refractivity contribution < 1.29 is 14.3 Å². The van der Waals surface area contributed by atoms with Crippen molar-refractivity contribution in [2.45, 2.75) is 54.1 Å². The highest BCUT2D eigenvalue weighted by Gasteiger charge is 2.21. The average molecular weight is 655 g/mol. The van der Waals surface area contributed by atoms with Gasteiger partial charge in [0, 0.05) is 117 Å².